The second-order valence-corrected chi connectivity index (χ2v) is 4.64. The first-order valence-electron chi connectivity index (χ1n) is 5.12. The molecule has 1 aromatic heterocycles. The molecule has 1 fully saturated rings. The average Bonchev–Trinajstić information content (AvgIpc) is 2.69. The highest BCUT2D eigenvalue weighted by Crippen LogP contribution is 2.45. The molecule has 1 unspecified atom stereocenters. The van der Waals surface area contributed by atoms with Gasteiger partial charge in [0, 0.05) is 0 Å². The van der Waals surface area contributed by atoms with Crippen molar-refractivity contribution in [1.82, 2.24) is 20.2 Å². The van der Waals surface area contributed by atoms with Gasteiger partial charge in [-0.2, -0.15) is 0 Å². The van der Waals surface area contributed by atoms with Gasteiger partial charge in [0.1, 0.15) is 0 Å². The summed E-state index contributed by atoms with van der Waals surface area (Å²) >= 11 is 0. The summed E-state index contributed by atoms with van der Waals surface area (Å²) in [5.74, 6) is 0.796. The maximum Gasteiger partial charge on any atom is 0.165 e. The van der Waals surface area contributed by atoms with Crippen molar-refractivity contribution in [2.75, 3.05) is 0 Å². The van der Waals surface area contributed by atoms with Gasteiger partial charge in [-0.15, -0.1) is 5.10 Å². The van der Waals surface area contributed by atoms with Crippen LogP contribution < -0.4 is 5.73 Å². The Labute approximate surface area is 83.7 Å². The van der Waals surface area contributed by atoms with Gasteiger partial charge in [0.25, 0.3) is 0 Å². The minimum Gasteiger partial charge on any atom is -0.324 e. The van der Waals surface area contributed by atoms with Crippen molar-refractivity contribution in [2.24, 2.45) is 11.1 Å². The Kier molecular flexibility index (Phi) is 2.26. The van der Waals surface area contributed by atoms with Gasteiger partial charge < -0.3 is 5.73 Å². The largest absolute Gasteiger partial charge is 0.324 e. The zero-order chi connectivity index (χ0) is 10.2. The van der Waals surface area contributed by atoms with Crippen LogP contribution in [0.5, 0.6) is 0 Å². The number of nitrogens with zero attached hydrogens (tertiary/aromatic N) is 4. The van der Waals surface area contributed by atoms with Gasteiger partial charge in [-0.05, 0) is 28.7 Å². The normalized spacial score (nSPS) is 25.5. The number of tetrazole rings is 1. The fraction of sp³-hybridized carbons (Fsp3) is 0.889. The van der Waals surface area contributed by atoms with Crippen molar-refractivity contribution in [3.8, 4) is 0 Å². The third kappa shape index (κ3) is 1.41. The molecule has 14 heavy (non-hydrogen) atoms. The molecule has 0 aromatic carbocycles. The SMILES string of the molecule is CC1(C)CCCC1n1nnnc1CN. The van der Waals surface area contributed by atoms with Crippen LogP contribution in [0.15, 0.2) is 0 Å². The van der Waals surface area contributed by atoms with Crippen molar-refractivity contribution in [2.45, 2.75) is 45.7 Å². The maximum atomic E-state index is 5.59. The van der Waals surface area contributed by atoms with Gasteiger partial charge >= 0.3 is 0 Å². The minimum absolute atomic E-state index is 0.291. The summed E-state index contributed by atoms with van der Waals surface area (Å²) in [5.41, 5.74) is 5.88. The van der Waals surface area contributed by atoms with Gasteiger partial charge in [-0.3, -0.25) is 0 Å². The molecule has 78 valence electrons. The van der Waals surface area contributed by atoms with E-state index in [1.165, 1.54) is 12.8 Å². The molecule has 0 spiro atoms. The molecule has 2 rings (SSSR count). The van der Waals surface area contributed by atoms with Crippen LogP contribution in [-0.4, -0.2) is 20.2 Å². The molecular weight excluding hydrogens is 178 g/mol. The smallest absolute Gasteiger partial charge is 0.165 e. The molecule has 5 nitrogen and oxygen atoms in total. The monoisotopic (exact) mass is 195 g/mol. The fourth-order valence-electron chi connectivity index (χ4n) is 2.35. The summed E-state index contributed by atoms with van der Waals surface area (Å²) in [5, 5.41) is 11.6. The van der Waals surface area contributed by atoms with E-state index in [9.17, 15) is 0 Å². The number of nitrogens with two attached hydrogens (primary N) is 1. The van der Waals surface area contributed by atoms with Crippen molar-refractivity contribution in [3.05, 3.63) is 5.82 Å². The van der Waals surface area contributed by atoms with Gasteiger partial charge in [-0.25, -0.2) is 4.68 Å². The second kappa shape index (κ2) is 3.31. The molecular formula is C9H17N5. The van der Waals surface area contributed by atoms with Gasteiger partial charge in [0.2, 0.25) is 0 Å². The summed E-state index contributed by atoms with van der Waals surface area (Å²) in [4.78, 5) is 0. The van der Waals surface area contributed by atoms with E-state index in [0.29, 0.717) is 18.0 Å². The highest BCUT2D eigenvalue weighted by molar-refractivity contribution is 4.93. The quantitative estimate of drug-likeness (QED) is 0.760. The Morgan fingerprint density at radius 2 is 2.36 bits per heavy atom. The molecule has 1 aromatic rings. The van der Waals surface area contributed by atoms with E-state index in [1.54, 1.807) is 0 Å². The predicted molar refractivity (Wildman–Crippen MR) is 52.4 cm³/mol. The zero-order valence-electron chi connectivity index (χ0n) is 8.77. The summed E-state index contributed by atoms with van der Waals surface area (Å²) in [6.07, 6.45) is 3.65. The molecule has 1 heterocycles. The summed E-state index contributed by atoms with van der Waals surface area (Å²) in [6, 6.07) is 0.413. The molecule has 1 saturated carbocycles. The molecule has 5 heteroatoms. The van der Waals surface area contributed by atoms with E-state index in [4.69, 9.17) is 5.73 Å². The lowest BCUT2D eigenvalue weighted by molar-refractivity contribution is 0.235. The van der Waals surface area contributed by atoms with E-state index < -0.39 is 0 Å². The van der Waals surface area contributed by atoms with Crippen LogP contribution in [0.2, 0.25) is 0 Å². The van der Waals surface area contributed by atoms with E-state index in [2.05, 4.69) is 29.4 Å². The Balaban J connectivity index is 2.30. The summed E-state index contributed by atoms with van der Waals surface area (Å²) in [7, 11) is 0. The van der Waals surface area contributed by atoms with Gasteiger partial charge in [0.05, 0.1) is 12.6 Å². The Bertz CT molecular complexity index is 317. The van der Waals surface area contributed by atoms with Crippen LogP contribution >= 0.6 is 0 Å². The molecule has 0 radical (unpaired) electrons. The number of hydrogen-bond acceptors (Lipinski definition) is 4. The molecule has 1 atom stereocenters. The predicted octanol–water partition coefficient (Wildman–Crippen LogP) is 0.883. The summed E-state index contributed by atoms with van der Waals surface area (Å²) in [6.45, 7) is 4.96. The van der Waals surface area contributed by atoms with E-state index in [1.807, 2.05) is 4.68 Å². The van der Waals surface area contributed by atoms with E-state index in [0.717, 1.165) is 12.2 Å². The molecule has 1 aliphatic rings. The standard InChI is InChI=1S/C9H17N5/c1-9(2)5-3-4-7(9)14-8(6-10)11-12-13-14/h7H,3-6,10H2,1-2H3. The lowest BCUT2D eigenvalue weighted by atomic mass is 9.87. The Morgan fingerprint density at radius 3 is 2.93 bits per heavy atom. The Morgan fingerprint density at radius 1 is 1.57 bits per heavy atom. The summed E-state index contributed by atoms with van der Waals surface area (Å²) < 4.78 is 1.91. The first-order chi connectivity index (χ1) is 6.65. The van der Waals surface area contributed by atoms with Crippen LogP contribution in [0.1, 0.15) is 45.0 Å². The highest BCUT2D eigenvalue weighted by Gasteiger charge is 2.37. The molecule has 1 aliphatic carbocycles. The number of hydrogen-bond donors (Lipinski definition) is 1. The van der Waals surface area contributed by atoms with E-state index in [-0.39, 0.29) is 0 Å². The topological polar surface area (TPSA) is 69.6 Å². The molecule has 0 aliphatic heterocycles. The van der Waals surface area contributed by atoms with Crippen LogP contribution in [0.25, 0.3) is 0 Å². The van der Waals surface area contributed by atoms with Gasteiger partial charge in [-0.1, -0.05) is 20.3 Å². The molecule has 2 N–H and O–H groups in total. The molecule has 0 saturated heterocycles. The van der Waals surface area contributed by atoms with E-state index >= 15 is 0 Å². The first kappa shape index (κ1) is 9.58. The fourth-order valence-corrected chi connectivity index (χ4v) is 2.35. The number of rotatable bonds is 2. The molecule has 0 amide bonds. The van der Waals surface area contributed by atoms with Crippen LogP contribution in [0, 0.1) is 5.41 Å². The third-order valence-electron chi connectivity index (χ3n) is 3.24. The molecule has 0 bridgehead atoms. The average molecular weight is 195 g/mol. The van der Waals surface area contributed by atoms with Gasteiger partial charge in [0.15, 0.2) is 5.82 Å². The Hall–Kier alpha value is -0.970. The minimum atomic E-state index is 0.291. The third-order valence-corrected chi connectivity index (χ3v) is 3.24. The lowest BCUT2D eigenvalue weighted by Crippen LogP contribution is -2.25. The van der Waals surface area contributed by atoms with Crippen molar-refractivity contribution < 1.29 is 0 Å². The van der Waals surface area contributed by atoms with Crippen molar-refractivity contribution >= 4 is 0 Å². The number of aromatic nitrogens is 4. The van der Waals surface area contributed by atoms with Crippen LogP contribution in [0.4, 0.5) is 0 Å². The highest BCUT2D eigenvalue weighted by atomic mass is 15.6. The van der Waals surface area contributed by atoms with Crippen LogP contribution in [0.3, 0.4) is 0 Å². The second-order valence-electron chi connectivity index (χ2n) is 4.64. The maximum absolute atomic E-state index is 5.59. The van der Waals surface area contributed by atoms with Crippen molar-refractivity contribution in [3.63, 3.8) is 0 Å². The van der Waals surface area contributed by atoms with Crippen molar-refractivity contribution in [1.29, 1.82) is 0 Å². The zero-order valence-corrected chi connectivity index (χ0v) is 8.77. The van der Waals surface area contributed by atoms with Crippen LogP contribution in [-0.2, 0) is 6.54 Å². The first-order valence-corrected chi connectivity index (χ1v) is 5.12. The lowest BCUT2D eigenvalue weighted by Gasteiger charge is -2.27.